The predicted molar refractivity (Wildman–Crippen MR) is 136 cm³/mol. The molecule has 6 rings (SSSR count). The second kappa shape index (κ2) is 11.0. The Morgan fingerprint density at radius 1 is 1.02 bits per heavy atom. The fraction of sp³-hybridized carbons (Fsp3) is 0.550. The lowest BCUT2D eigenvalue weighted by Gasteiger charge is -2.28. The Morgan fingerprint density at radius 3 is 2.55 bits per heavy atom. The number of amides is 2. The van der Waals surface area contributed by atoms with E-state index in [-0.39, 0.29) is 17.0 Å². The molecule has 3 fully saturated rings. The number of halogens is 2. The summed E-state index contributed by atoms with van der Waals surface area (Å²) in [5, 5.41) is 2.01. The van der Waals surface area contributed by atoms with Crippen molar-refractivity contribution in [1.29, 1.82) is 0 Å². The minimum atomic E-state index is -5.17. The van der Waals surface area contributed by atoms with Gasteiger partial charge < -0.3 is 20.1 Å². The van der Waals surface area contributed by atoms with E-state index < -0.39 is 94.7 Å². The molecule has 0 saturated carbocycles. The highest BCUT2D eigenvalue weighted by atomic mass is 32.7. The number of imide groups is 1. The van der Waals surface area contributed by atoms with Crippen molar-refractivity contribution in [3.05, 3.63) is 24.8 Å². The topological polar surface area (TPSA) is 226 Å². The molecule has 17 nitrogen and oxygen atoms in total. The van der Waals surface area contributed by atoms with E-state index >= 15 is 8.78 Å². The third-order valence-corrected chi connectivity index (χ3v) is 9.52. The summed E-state index contributed by atoms with van der Waals surface area (Å²) < 4.78 is 90.5. The maximum Gasteiger partial charge on any atom is 0.472 e. The molecule has 3 saturated heterocycles. The first-order valence-electron chi connectivity index (χ1n) is 12.2. The van der Waals surface area contributed by atoms with Crippen LogP contribution < -0.4 is 11.1 Å². The Labute approximate surface area is 239 Å². The number of alkyl halides is 2. The van der Waals surface area contributed by atoms with Gasteiger partial charge in [0, 0.05) is 6.08 Å². The molecule has 4 N–H and O–H groups in total. The number of ether oxygens (including phenoxy) is 2. The number of phosphoric acid groups is 1. The van der Waals surface area contributed by atoms with Crippen LogP contribution in [0.2, 0.25) is 0 Å². The standard InChI is InChI=1S/C20H22F2N6O11P2S/c21-11-8-3-35-41(33,42)39-15-9(37-20(12(15)22)28-6-26-13-17(23)24-5-25-18(13)28)4-34-40(31,32)38-16(11)14(36-8)7-1-2-10(29)27-19(7)30/h1-2,5-9,11-12,14-16,20H,3-4H2,(H,31,32)(H,33,42)(H2,23,24,25)(H,27,29,30)/t7?,8-,9-,11-,12-,14?,15-,16-,20-,41?/m1/s1. The van der Waals surface area contributed by atoms with Gasteiger partial charge in [0.25, 0.3) is 0 Å². The molecule has 2 aromatic rings. The molecule has 2 bridgehead atoms. The van der Waals surface area contributed by atoms with Crippen LogP contribution in [0.15, 0.2) is 24.8 Å². The van der Waals surface area contributed by atoms with Crippen LogP contribution in [0.1, 0.15) is 6.23 Å². The van der Waals surface area contributed by atoms with Gasteiger partial charge in [-0.1, -0.05) is 18.3 Å². The molecule has 0 aliphatic carbocycles. The number of aromatic nitrogens is 4. The molecule has 0 spiro atoms. The third kappa shape index (κ3) is 5.52. The third-order valence-electron chi connectivity index (χ3n) is 6.92. The zero-order valence-corrected chi connectivity index (χ0v) is 23.6. The Hall–Kier alpha value is -2.38. The summed E-state index contributed by atoms with van der Waals surface area (Å²) in [5.74, 6) is -2.92. The van der Waals surface area contributed by atoms with Gasteiger partial charge in [-0.3, -0.25) is 37.6 Å². The van der Waals surface area contributed by atoms with Crippen molar-refractivity contribution in [3.8, 4) is 0 Å². The molecule has 2 aromatic heterocycles. The zero-order valence-electron chi connectivity index (χ0n) is 20.9. The van der Waals surface area contributed by atoms with Gasteiger partial charge in [0.2, 0.25) is 11.8 Å². The van der Waals surface area contributed by atoms with Crippen LogP contribution in [0.5, 0.6) is 0 Å². The monoisotopic (exact) mass is 654 g/mol. The number of nitrogens with zero attached hydrogens (tertiary/aromatic N) is 4. The number of nitrogens with two attached hydrogens (primary N) is 1. The quantitative estimate of drug-likeness (QED) is 0.197. The molecule has 11 atom stereocenters. The zero-order chi connectivity index (χ0) is 30.0. The molecule has 228 valence electrons. The molecule has 22 heteroatoms. The largest absolute Gasteiger partial charge is 0.472 e. The average Bonchev–Trinajstić information content (AvgIpc) is 3.57. The van der Waals surface area contributed by atoms with Gasteiger partial charge in [0.05, 0.1) is 25.5 Å². The van der Waals surface area contributed by atoms with Crippen molar-refractivity contribution in [2.75, 3.05) is 18.9 Å². The van der Waals surface area contributed by atoms with Crippen LogP contribution in [-0.4, -0.2) is 92.3 Å². The van der Waals surface area contributed by atoms with Crippen LogP contribution in [0.3, 0.4) is 0 Å². The van der Waals surface area contributed by atoms with Crippen molar-refractivity contribution in [2.45, 2.75) is 49.1 Å². The SMILES string of the molecule is Nc1ncnc2c1ncn2[C@@H]1O[C@@H]2COP(=O)(O)O[C@H]3C(C4C=CC(=O)NC4=O)O[C@H](COP(=O)(S)O[C@H]2[C@H]1F)[C@H]3F. The second-order valence-electron chi connectivity index (χ2n) is 9.58. The second-order valence-corrected chi connectivity index (χ2v) is 13.9. The van der Waals surface area contributed by atoms with Crippen molar-refractivity contribution < 1.29 is 60.0 Å². The highest BCUT2D eigenvalue weighted by Gasteiger charge is 2.56. The number of fused-ring (bicyclic) bond motifs is 4. The highest BCUT2D eigenvalue weighted by Crippen LogP contribution is 2.58. The molecule has 4 unspecified atom stereocenters. The lowest BCUT2D eigenvalue weighted by Crippen LogP contribution is -2.46. The normalized spacial score (nSPS) is 42.9. The Balaban J connectivity index is 1.29. The number of imidazole rings is 1. The summed E-state index contributed by atoms with van der Waals surface area (Å²) in [6.45, 7) is -6.19. The van der Waals surface area contributed by atoms with Gasteiger partial charge in [0.1, 0.15) is 42.4 Å². The van der Waals surface area contributed by atoms with Gasteiger partial charge in [0.15, 0.2) is 30.0 Å². The van der Waals surface area contributed by atoms with E-state index in [9.17, 15) is 23.6 Å². The number of nitrogens with one attached hydrogen (secondary N) is 1. The number of carbonyl (C=O) groups excluding carboxylic acids is 2. The summed E-state index contributed by atoms with van der Waals surface area (Å²) >= 11 is 3.88. The number of carbonyl (C=O) groups is 2. The van der Waals surface area contributed by atoms with Crippen LogP contribution in [0, 0.1) is 5.92 Å². The predicted octanol–water partition coefficient (Wildman–Crippen LogP) is 0.534. The first-order valence-corrected chi connectivity index (χ1v) is 16.4. The van der Waals surface area contributed by atoms with E-state index in [2.05, 4.69) is 27.2 Å². The van der Waals surface area contributed by atoms with Gasteiger partial charge in [-0.2, -0.15) is 0 Å². The van der Waals surface area contributed by atoms with Crippen molar-refractivity contribution >= 4 is 55.7 Å². The van der Waals surface area contributed by atoms with Crippen molar-refractivity contribution in [3.63, 3.8) is 0 Å². The summed E-state index contributed by atoms with van der Waals surface area (Å²) in [7, 11) is -5.17. The maximum atomic E-state index is 15.8. The fourth-order valence-electron chi connectivity index (χ4n) is 5.01. The Bertz CT molecular complexity index is 1550. The summed E-state index contributed by atoms with van der Waals surface area (Å²) in [6.07, 6.45) is -9.78. The number of hydrogen-bond acceptors (Lipinski definition) is 14. The van der Waals surface area contributed by atoms with E-state index in [1.54, 1.807) is 0 Å². The number of anilines is 1. The summed E-state index contributed by atoms with van der Waals surface area (Å²) in [6, 6.07) is 0. The molecule has 4 aliphatic rings. The molecular weight excluding hydrogens is 632 g/mol. The van der Waals surface area contributed by atoms with Crippen LogP contribution in [-0.2, 0) is 46.3 Å². The minimum Gasteiger partial charge on any atom is -0.382 e. The number of nitrogen functional groups attached to an aromatic ring is 1. The van der Waals surface area contributed by atoms with E-state index in [0.29, 0.717) is 0 Å². The first kappa shape index (κ1) is 29.7. The molecule has 0 radical (unpaired) electrons. The van der Waals surface area contributed by atoms with Gasteiger partial charge >= 0.3 is 14.6 Å². The minimum absolute atomic E-state index is 0.00930. The van der Waals surface area contributed by atoms with E-state index in [1.807, 2.05) is 5.32 Å². The molecule has 0 aromatic carbocycles. The lowest BCUT2D eigenvalue weighted by molar-refractivity contribution is -0.135. The Morgan fingerprint density at radius 2 is 1.79 bits per heavy atom. The number of hydrogen-bond donors (Lipinski definition) is 4. The average molecular weight is 654 g/mol. The van der Waals surface area contributed by atoms with E-state index in [0.717, 1.165) is 23.0 Å². The molecule has 2 amide bonds. The van der Waals surface area contributed by atoms with Crippen LogP contribution >= 0.6 is 26.9 Å². The van der Waals surface area contributed by atoms with E-state index in [1.165, 1.54) is 6.33 Å². The first-order chi connectivity index (χ1) is 19.8. The molecule has 42 heavy (non-hydrogen) atoms. The van der Waals surface area contributed by atoms with Crippen molar-refractivity contribution in [1.82, 2.24) is 24.8 Å². The van der Waals surface area contributed by atoms with E-state index in [4.69, 9.17) is 33.3 Å². The summed E-state index contributed by atoms with van der Waals surface area (Å²) in [5.41, 5.74) is 6.02. The molecule has 6 heterocycles. The van der Waals surface area contributed by atoms with Crippen molar-refractivity contribution in [2.24, 2.45) is 5.92 Å². The van der Waals surface area contributed by atoms with Crippen LogP contribution in [0.25, 0.3) is 11.2 Å². The van der Waals surface area contributed by atoms with Gasteiger partial charge in [-0.25, -0.2) is 32.9 Å². The summed E-state index contributed by atoms with van der Waals surface area (Å²) in [4.78, 5) is 46.3. The fourth-order valence-corrected chi connectivity index (χ4v) is 7.43. The number of rotatable bonds is 2. The maximum absolute atomic E-state index is 15.8. The Kier molecular flexibility index (Phi) is 7.75. The molecule has 4 aliphatic heterocycles. The van der Waals surface area contributed by atoms with Crippen LogP contribution in [0.4, 0.5) is 14.6 Å². The smallest absolute Gasteiger partial charge is 0.382 e. The van der Waals surface area contributed by atoms with Gasteiger partial charge in [-0.05, 0) is 0 Å². The number of thiol groups is 1. The lowest BCUT2D eigenvalue weighted by atomic mass is 9.93. The number of phosphoric ester groups is 1. The van der Waals surface area contributed by atoms with Gasteiger partial charge in [-0.15, -0.1) is 0 Å². The molecular formula is C20H22F2N6O11P2S. The highest BCUT2D eigenvalue weighted by molar-refractivity contribution is 8.44.